The fraction of sp³-hybridized carbons (Fsp3) is 0.500. The van der Waals surface area contributed by atoms with Crippen LogP contribution in [0.5, 0.6) is 0 Å². The van der Waals surface area contributed by atoms with Crippen molar-refractivity contribution in [3.8, 4) is 0 Å². The second-order valence-corrected chi connectivity index (χ2v) is 6.30. The fourth-order valence-corrected chi connectivity index (χ4v) is 3.18. The number of benzene rings is 1. The zero-order chi connectivity index (χ0) is 15.9. The van der Waals surface area contributed by atoms with Gasteiger partial charge in [-0.05, 0) is 5.56 Å². The van der Waals surface area contributed by atoms with E-state index in [1.807, 2.05) is 0 Å². The predicted molar refractivity (Wildman–Crippen MR) is 90.6 cm³/mol. The second-order valence-electron chi connectivity index (χ2n) is 5.54. The summed E-state index contributed by atoms with van der Waals surface area (Å²) in [6, 6.07) is 10.6. The van der Waals surface area contributed by atoms with E-state index in [0.29, 0.717) is 6.61 Å². The number of morpholine rings is 1. The third-order valence-corrected chi connectivity index (χ3v) is 4.40. The summed E-state index contributed by atoms with van der Waals surface area (Å²) >= 11 is 1.36. The Morgan fingerprint density at radius 1 is 1.39 bits per heavy atom. The van der Waals surface area contributed by atoms with Gasteiger partial charge in [0.05, 0.1) is 12.7 Å². The number of aromatic nitrogens is 2. The van der Waals surface area contributed by atoms with Crippen molar-refractivity contribution in [3.05, 3.63) is 41.7 Å². The Kier molecular flexibility index (Phi) is 5.93. The molecule has 6 nitrogen and oxygen atoms in total. The van der Waals surface area contributed by atoms with Crippen LogP contribution in [0.4, 0.5) is 5.13 Å². The minimum atomic E-state index is 0.169. The van der Waals surface area contributed by atoms with E-state index in [4.69, 9.17) is 9.47 Å². The largest absolute Gasteiger partial charge is 0.377 e. The molecule has 3 rings (SSSR count). The number of rotatable bonds is 7. The molecule has 1 saturated heterocycles. The van der Waals surface area contributed by atoms with E-state index >= 15 is 0 Å². The lowest BCUT2D eigenvalue weighted by atomic mass is 10.2. The molecule has 7 heteroatoms. The highest BCUT2D eigenvalue weighted by Crippen LogP contribution is 2.14. The Balaban J connectivity index is 1.46. The number of hydrogen-bond acceptors (Lipinski definition) is 7. The molecular formula is C16H22N4O2S. The maximum absolute atomic E-state index is 5.85. The van der Waals surface area contributed by atoms with E-state index < -0.39 is 0 Å². The summed E-state index contributed by atoms with van der Waals surface area (Å²) in [7, 11) is 1.64. The van der Waals surface area contributed by atoms with Gasteiger partial charge in [-0.1, -0.05) is 30.3 Å². The highest BCUT2D eigenvalue weighted by Gasteiger charge is 2.20. The van der Waals surface area contributed by atoms with Gasteiger partial charge in [0.1, 0.15) is 6.61 Å². The Bertz CT molecular complexity index is 593. The number of methoxy groups -OCH3 is 1. The highest BCUT2D eigenvalue weighted by atomic mass is 32.1. The van der Waals surface area contributed by atoms with E-state index in [1.54, 1.807) is 7.11 Å². The molecule has 1 aliphatic rings. The molecule has 1 atom stereocenters. The highest BCUT2D eigenvalue weighted by molar-refractivity contribution is 7.09. The van der Waals surface area contributed by atoms with Crippen molar-refractivity contribution in [2.75, 3.05) is 38.7 Å². The molecule has 0 amide bonds. The van der Waals surface area contributed by atoms with Crippen LogP contribution in [0, 0.1) is 0 Å². The van der Waals surface area contributed by atoms with Crippen LogP contribution in [-0.4, -0.2) is 53.7 Å². The molecule has 0 aliphatic carbocycles. The second kappa shape index (κ2) is 8.35. The topological polar surface area (TPSA) is 59.5 Å². The first-order valence-electron chi connectivity index (χ1n) is 7.77. The van der Waals surface area contributed by atoms with E-state index in [-0.39, 0.29) is 6.10 Å². The number of anilines is 1. The number of nitrogens with one attached hydrogen (secondary N) is 1. The first-order valence-corrected chi connectivity index (χ1v) is 8.54. The summed E-state index contributed by atoms with van der Waals surface area (Å²) in [4.78, 5) is 6.81. The van der Waals surface area contributed by atoms with E-state index in [0.717, 1.165) is 43.7 Å². The van der Waals surface area contributed by atoms with Gasteiger partial charge in [0, 0.05) is 44.8 Å². The maximum atomic E-state index is 5.85. The average molecular weight is 334 g/mol. The predicted octanol–water partition coefficient (Wildman–Crippen LogP) is 2.00. The quantitative estimate of drug-likeness (QED) is 0.836. The van der Waals surface area contributed by atoms with Crippen molar-refractivity contribution in [1.82, 2.24) is 14.3 Å². The van der Waals surface area contributed by atoms with Gasteiger partial charge < -0.3 is 14.8 Å². The van der Waals surface area contributed by atoms with E-state index in [9.17, 15) is 0 Å². The lowest BCUT2D eigenvalue weighted by molar-refractivity contribution is -0.0240. The molecule has 1 N–H and O–H groups in total. The van der Waals surface area contributed by atoms with Crippen molar-refractivity contribution >= 4 is 16.7 Å². The zero-order valence-corrected chi connectivity index (χ0v) is 14.1. The molecule has 1 aromatic heterocycles. The third kappa shape index (κ3) is 4.97. The number of nitrogens with zero attached hydrogens (tertiary/aromatic N) is 3. The SMILES string of the molecule is COCc1nsc(NCC2CN(Cc3ccccc3)CCO2)n1. The Hall–Kier alpha value is -1.54. The van der Waals surface area contributed by atoms with Crippen molar-refractivity contribution in [1.29, 1.82) is 0 Å². The van der Waals surface area contributed by atoms with Gasteiger partial charge in [0.25, 0.3) is 0 Å². The molecule has 1 unspecified atom stereocenters. The van der Waals surface area contributed by atoms with Gasteiger partial charge in [-0.2, -0.15) is 4.37 Å². The summed E-state index contributed by atoms with van der Waals surface area (Å²) < 4.78 is 15.1. The van der Waals surface area contributed by atoms with Crippen LogP contribution in [0.25, 0.3) is 0 Å². The molecule has 0 radical (unpaired) electrons. The molecule has 23 heavy (non-hydrogen) atoms. The standard InChI is InChI=1S/C16H22N4O2S/c1-21-12-15-18-16(23-19-15)17-9-14-11-20(7-8-22-14)10-13-5-3-2-4-6-13/h2-6,14H,7-12H2,1H3,(H,17,18,19). The summed E-state index contributed by atoms with van der Waals surface area (Å²) in [5.74, 6) is 0.718. The molecule has 124 valence electrons. The van der Waals surface area contributed by atoms with Gasteiger partial charge in [-0.15, -0.1) is 0 Å². The van der Waals surface area contributed by atoms with Crippen molar-refractivity contribution in [2.24, 2.45) is 0 Å². The van der Waals surface area contributed by atoms with Crippen LogP contribution < -0.4 is 5.32 Å². The summed E-state index contributed by atoms with van der Waals surface area (Å²) in [5, 5.41) is 4.14. The Morgan fingerprint density at radius 2 is 2.26 bits per heavy atom. The van der Waals surface area contributed by atoms with Crippen LogP contribution in [0.1, 0.15) is 11.4 Å². The van der Waals surface area contributed by atoms with Crippen molar-refractivity contribution in [2.45, 2.75) is 19.3 Å². The maximum Gasteiger partial charge on any atom is 0.202 e. The molecule has 2 heterocycles. The lowest BCUT2D eigenvalue weighted by Crippen LogP contribution is -2.44. The van der Waals surface area contributed by atoms with Crippen LogP contribution >= 0.6 is 11.5 Å². The van der Waals surface area contributed by atoms with E-state index in [2.05, 4.69) is 49.9 Å². The minimum absolute atomic E-state index is 0.169. The van der Waals surface area contributed by atoms with E-state index in [1.165, 1.54) is 17.1 Å². The average Bonchev–Trinajstić information content (AvgIpc) is 3.02. The smallest absolute Gasteiger partial charge is 0.202 e. The van der Waals surface area contributed by atoms with Crippen molar-refractivity contribution in [3.63, 3.8) is 0 Å². The van der Waals surface area contributed by atoms with Gasteiger partial charge >= 0.3 is 0 Å². The molecule has 0 saturated carbocycles. The third-order valence-electron chi connectivity index (χ3n) is 3.69. The normalized spacial score (nSPS) is 18.9. The summed E-state index contributed by atoms with van der Waals surface area (Å²) in [5.41, 5.74) is 1.34. The van der Waals surface area contributed by atoms with Gasteiger partial charge in [0.2, 0.25) is 5.13 Å². The Labute approximate surface area is 140 Å². The Morgan fingerprint density at radius 3 is 3.09 bits per heavy atom. The molecule has 0 spiro atoms. The zero-order valence-electron chi connectivity index (χ0n) is 13.3. The molecular weight excluding hydrogens is 312 g/mol. The summed E-state index contributed by atoms with van der Waals surface area (Å²) in [6.45, 7) is 4.82. The van der Waals surface area contributed by atoms with Gasteiger partial charge in [-0.3, -0.25) is 4.90 Å². The minimum Gasteiger partial charge on any atom is -0.377 e. The van der Waals surface area contributed by atoms with Crippen LogP contribution in [0.3, 0.4) is 0 Å². The number of ether oxygens (including phenoxy) is 2. The fourth-order valence-electron chi connectivity index (χ4n) is 2.60. The first kappa shape index (κ1) is 16.3. The summed E-state index contributed by atoms with van der Waals surface area (Å²) in [6.07, 6.45) is 0.169. The first-order chi connectivity index (χ1) is 11.3. The molecule has 1 fully saturated rings. The molecule has 1 aromatic carbocycles. The van der Waals surface area contributed by atoms with Gasteiger partial charge in [-0.25, -0.2) is 4.98 Å². The van der Waals surface area contributed by atoms with Crippen LogP contribution in [-0.2, 0) is 22.6 Å². The lowest BCUT2D eigenvalue weighted by Gasteiger charge is -2.33. The molecule has 2 aromatic rings. The van der Waals surface area contributed by atoms with Crippen LogP contribution in [0.2, 0.25) is 0 Å². The van der Waals surface area contributed by atoms with Crippen molar-refractivity contribution < 1.29 is 9.47 Å². The monoisotopic (exact) mass is 334 g/mol. The molecule has 1 aliphatic heterocycles. The van der Waals surface area contributed by atoms with Gasteiger partial charge in [0.15, 0.2) is 5.82 Å². The number of hydrogen-bond donors (Lipinski definition) is 1. The van der Waals surface area contributed by atoms with Crippen LogP contribution in [0.15, 0.2) is 30.3 Å². The molecule has 0 bridgehead atoms.